The van der Waals surface area contributed by atoms with E-state index in [9.17, 15) is 9.59 Å². The van der Waals surface area contributed by atoms with Gasteiger partial charge in [-0.25, -0.2) is 0 Å². The average molecular weight is 268 g/mol. The van der Waals surface area contributed by atoms with Gasteiger partial charge in [0.15, 0.2) is 0 Å². The van der Waals surface area contributed by atoms with Crippen LogP contribution in [0.25, 0.3) is 0 Å². The molecule has 0 radical (unpaired) electrons. The molecule has 2 fully saturated rings. The van der Waals surface area contributed by atoms with Crippen LogP contribution in [0.4, 0.5) is 0 Å². The summed E-state index contributed by atoms with van der Waals surface area (Å²) in [6.45, 7) is 7.77. The van der Waals surface area contributed by atoms with Crippen molar-refractivity contribution >= 4 is 11.8 Å². The molecule has 0 bridgehead atoms. The van der Waals surface area contributed by atoms with E-state index in [0.717, 1.165) is 12.8 Å². The quantitative estimate of drug-likeness (QED) is 0.825. The highest BCUT2D eigenvalue weighted by Crippen LogP contribution is 2.43. The van der Waals surface area contributed by atoms with Gasteiger partial charge >= 0.3 is 0 Å². The third-order valence-corrected chi connectivity index (χ3v) is 4.53. The van der Waals surface area contributed by atoms with Crippen molar-refractivity contribution in [1.82, 2.24) is 10.2 Å². The Labute approximate surface area is 114 Å². The zero-order chi connectivity index (χ0) is 14.4. The Morgan fingerprint density at radius 2 is 1.95 bits per heavy atom. The molecule has 1 aliphatic carbocycles. The summed E-state index contributed by atoms with van der Waals surface area (Å²) >= 11 is 0. The highest BCUT2D eigenvalue weighted by molar-refractivity contribution is 6.02. The van der Waals surface area contributed by atoms with Crippen LogP contribution < -0.4 is 5.32 Å². The van der Waals surface area contributed by atoms with Crippen molar-refractivity contribution in [2.75, 3.05) is 13.7 Å². The van der Waals surface area contributed by atoms with Gasteiger partial charge in [0.05, 0.1) is 6.10 Å². The number of nitrogens with zero attached hydrogens (tertiary/aromatic N) is 1. The predicted octanol–water partition coefficient (Wildman–Crippen LogP) is 0.927. The van der Waals surface area contributed by atoms with Gasteiger partial charge in [-0.15, -0.1) is 0 Å². The van der Waals surface area contributed by atoms with Gasteiger partial charge in [0, 0.05) is 13.7 Å². The molecule has 108 valence electrons. The number of nitrogens with one attached hydrogen (secondary N) is 1. The Morgan fingerprint density at radius 3 is 2.42 bits per heavy atom. The Bertz CT molecular complexity index is 403. The Morgan fingerprint density at radius 1 is 1.37 bits per heavy atom. The van der Waals surface area contributed by atoms with Gasteiger partial charge in [0.25, 0.3) is 0 Å². The lowest BCUT2D eigenvalue weighted by molar-refractivity contribution is -0.163. The lowest BCUT2D eigenvalue weighted by Gasteiger charge is -2.49. The second kappa shape index (κ2) is 4.47. The summed E-state index contributed by atoms with van der Waals surface area (Å²) in [5.74, 6) is 0.216. The van der Waals surface area contributed by atoms with Gasteiger partial charge in [-0.1, -0.05) is 0 Å². The average Bonchev–Trinajstić information content (AvgIpc) is 3.17. The van der Waals surface area contributed by atoms with Crippen molar-refractivity contribution in [2.24, 2.45) is 5.92 Å². The maximum absolute atomic E-state index is 12.8. The summed E-state index contributed by atoms with van der Waals surface area (Å²) in [4.78, 5) is 26.8. The molecule has 0 aromatic rings. The summed E-state index contributed by atoms with van der Waals surface area (Å²) in [7, 11) is 1.62. The molecule has 2 rings (SSSR count). The van der Waals surface area contributed by atoms with Crippen LogP contribution in [0.2, 0.25) is 0 Å². The first kappa shape index (κ1) is 14.3. The van der Waals surface area contributed by atoms with E-state index in [2.05, 4.69) is 5.32 Å². The number of methoxy groups -OCH3 is 1. The fraction of sp³-hybridized carbons (Fsp3) is 0.857. The SMILES string of the molecule is COC(C)CN1C(=O)C(C)(C2CC2)NC(=O)C1(C)C. The van der Waals surface area contributed by atoms with E-state index in [-0.39, 0.29) is 23.8 Å². The summed E-state index contributed by atoms with van der Waals surface area (Å²) < 4.78 is 5.25. The van der Waals surface area contributed by atoms with Crippen LogP contribution >= 0.6 is 0 Å². The molecule has 1 saturated heterocycles. The van der Waals surface area contributed by atoms with Crippen LogP contribution in [0.3, 0.4) is 0 Å². The molecular formula is C14H24N2O3. The monoisotopic (exact) mass is 268 g/mol. The number of carbonyl (C=O) groups excluding carboxylic acids is 2. The van der Waals surface area contributed by atoms with Crippen molar-refractivity contribution in [3.63, 3.8) is 0 Å². The first-order valence-corrected chi connectivity index (χ1v) is 6.91. The number of ether oxygens (including phenoxy) is 1. The Kier molecular flexibility index (Phi) is 3.37. The molecular weight excluding hydrogens is 244 g/mol. The van der Waals surface area contributed by atoms with Crippen molar-refractivity contribution in [3.8, 4) is 0 Å². The molecule has 0 aromatic heterocycles. The second-order valence-electron chi connectivity index (χ2n) is 6.45. The number of rotatable bonds is 4. The molecule has 1 saturated carbocycles. The molecule has 2 amide bonds. The molecule has 2 aliphatic rings. The second-order valence-corrected chi connectivity index (χ2v) is 6.45. The molecule has 0 spiro atoms. The van der Waals surface area contributed by atoms with E-state index in [1.807, 2.05) is 13.8 Å². The molecule has 0 aromatic carbocycles. The van der Waals surface area contributed by atoms with E-state index in [4.69, 9.17) is 4.74 Å². The smallest absolute Gasteiger partial charge is 0.249 e. The number of amides is 2. The molecule has 1 N–H and O–H groups in total. The van der Waals surface area contributed by atoms with Gasteiger partial charge in [0.2, 0.25) is 11.8 Å². The van der Waals surface area contributed by atoms with E-state index in [1.54, 1.807) is 25.9 Å². The summed E-state index contributed by atoms with van der Waals surface area (Å²) in [5, 5.41) is 2.95. The topological polar surface area (TPSA) is 58.6 Å². The van der Waals surface area contributed by atoms with E-state index >= 15 is 0 Å². The van der Waals surface area contributed by atoms with Crippen LogP contribution in [0.5, 0.6) is 0 Å². The third kappa shape index (κ3) is 2.24. The van der Waals surface area contributed by atoms with Gasteiger partial charge < -0.3 is 15.0 Å². The largest absolute Gasteiger partial charge is 0.380 e. The minimum atomic E-state index is -0.821. The molecule has 19 heavy (non-hydrogen) atoms. The van der Waals surface area contributed by atoms with Crippen LogP contribution in [0.1, 0.15) is 40.5 Å². The van der Waals surface area contributed by atoms with Gasteiger partial charge in [-0.3, -0.25) is 9.59 Å². The molecule has 5 heteroatoms. The van der Waals surface area contributed by atoms with Crippen molar-refractivity contribution in [2.45, 2.75) is 57.7 Å². The normalized spacial score (nSPS) is 32.2. The lowest BCUT2D eigenvalue weighted by Crippen LogP contribution is -2.74. The highest BCUT2D eigenvalue weighted by atomic mass is 16.5. The molecule has 2 unspecified atom stereocenters. The van der Waals surface area contributed by atoms with Gasteiger partial charge in [-0.05, 0) is 46.5 Å². The van der Waals surface area contributed by atoms with Gasteiger partial charge in [0.1, 0.15) is 11.1 Å². The Balaban J connectivity index is 2.29. The van der Waals surface area contributed by atoms with E-state index in [0.29, 0.717) is 6.54 Å². The van der Waals surface area contributed by atoms with Crippen LogP contribution in [0, 0.1) is 5.92 Å². The summed E-state index contributed by atoms with van der Waals surface area (Å²) in [5.41, 5.74) is -1.56. The maximum Gasteiger partial charge on any atom is 0.249 e. The third-order valence-electron chi connectivity index (χ3n) is 4.53. The van der Waals surface area contributed by atoms with Crippen molar-refractivity contribution in [1.29, 1.82) is 0 Å². The number of piperazine rings is 1. The van der Waals surface area contributed by atoms with Crippen LogP contribution in [-0.4, -0.2) is 47.6 Å². The highest BCUT2D eigenvalue weighted by Gasteiger charge is 2.57. The van der Waals surface area contributed by atoms with E-state index < -0.39 is 11.1 Å². The molecule has 5 nitrogen and oxygen atoms in total. The Hall–Kier alpha value is -1.10. The molecule has 2 atom stereocenters. The first-order valence-electron chi connectivity index (χ1n) is 6.91. The molecule has 1 heterocycles. The lowest BCUT2D eigenvalue weighted by atomic mass is 9.85. The first-order chi connectivity index (χ1) is 8.73. The van der Waals surface area contributed by atoms with E-state index in [1.165, 1.54) is 0 Å². The summed E-state index contributed by atoms with van der Waals surface area (Å²) in [6, 6.07) is 0. The minimum Gasteiger partial charge on any atom is -0.380 e. The molecule has 1 aliphatic heterocycles. The number of hydrogen-bond donors (Lipinski definition) is 1. The predicted molar refractivity (Wildman–Crippen MR) is 71.5 cm³/mol. The fourth-order valence-corrected chi connectivity index (χ4v) is 2.68. The van der Waals surface area contributed by atoms with Crippen LogP contribution in [0.15, 0.2) is 0 Å². The fourth-order valence-electron chi connectivity index (χ4n) is 2.68. The standard InChI is InChI=1S/C14H24N2O3/c1-9(19-5)8-16-12(18)14(4,10-6-7-10)15-11(17)13(16,2)3/h9-10H,6-8H2,1-5H3,(H,15,17). The number of carbonyl (C=O) groups is 2. The minimum absolute atomic E-state index is 0.0171. The zero-order valence-corrected chi connectivity index (χ0v) is 12.4. The number of hydrogen-bond acceptors (Lipinski definition) is 3. The maximum atomic E-state index is 12.8. The van der Waals surface area contributed by atoms with Gasteiger partial charge in [-0.2, -0.15) is 0 Å². The summed E-state index contributed by atoms with van der Waals surface area (Å²) in [6.07, 6.45) is 1.94. The van der Waals surface area contributed by atoms with Crippen molar-refractivity contribution in [3.05, 3.63) is 0 Å². The van der Waals surface area contributed by atoms with Crippen molar-refractivity contribution < 1.29 is 14.3 Å². The zero-order valence-electron chi connectivity index (χ0n) is 12.4. The van der Waals surface area contributed by atoms with Crippen LogP contribution in [-0.2, 0) is 14.3 Å².